The number of amides is 1. The summed E-state index contributed by atoms with van der Waals surface area (Å²) in [5, 5.41) is 9.08. The smallest absolute Gasteiger partial charge is 0.308 e. The molecule has 0 aromatic carbocycles. The van der Waals surface area contributed by atoms with E-state index < -0.39 is 18.0 Å². The molecule has 1 saturated heterocycles. The molecule has 6 heteroatoms. The fourth-order valence-electron chi connectivity index (χ4n) is 2.21. The Balaban J connectivity index is 2.22. The maximum Gasteiger partial charge on any atom is 0.308 e. The number of carboxylic acids is 1. The van der Waals surface area contributed by atoms with E-state index in [1.165, 1.54) is 4.90 Å². The zero-order valence-corrected chi connectivity index (χ0v) is 12.3. The lowest BCUT2D eigenvalue weighted by molar-refractivity contribution is -0.140. The number of carbonyl (C=O) groups is 2. The molecule has 0 aliphatic carbocycles. The molecule has 0 spiro atoms. The minimum absolute atomic E-state index is 0.0874. The lowest BCUT2D eigenvalue weighted by atomic mass is 10.1. The molecule has 0 radical (unpaired) electrons. The standard InChI is InChI=1S/C15H20N2O4/c1-10-5-6-13(16-8-10)17(9-11(2)15(19)20)14(18)12-4-3-7-21-12/h5-6,8,11-12H,3-4,7,9H2,1-2H3,(H,19,20). The highest BCUT2D eigenvalue weighted by Crippen LogP contribution is 2.20. The fourth-order valence-corrected chi connectivity index (χ4v) is 2.21. The Morgan fingerprint density at radius 3 is 2.81 bits per heavy atom. The van der Waals surface area contributed by atoms with Crippen molar-refractivity contribution >= 4 is 17.7 Å². The summed E-state index contributed by atoms with van der Waals surface area (Å²) in [4.78, 5) is 29.3. The summed E-state index contributed by atoms with van der Waals surface area (Å²) in [6.45, 7) is 4.14. The first kappa shape index (κ1) is 15.4. The molecular weight excluding hydrogens is 272 g/mol. The molecule has 1 aromatic rings. The fraction of sp³-hybridized carbons (Fsp3) is 0.533. The molecule has 2 rings (SSSR count). The van der Waals surface area contributed by atoms with E-state index in [1.807, 2.05) is 13.0 Å². The number of rotatable bonds is 5. The van der Waals surface area contributed by atoms with Crippen LogP contribution in [0.5, 0.6) is 0 Å². The molecule has 0 bridgehead atoms. The molecule has 1 N–H and O–H groups in total. The number of pyridine rings is 1. The van der Waals surface area contributed by atoms with Crippen molar-refractivity contribution < 1.29 is 19.4 Å². The normalized spacial score (nSPS) is 19.2. The van der Waals surface area contributed by atoms with Gasteiger partial charge >= 0.3 is 5.97 Å². The van der Waals surface area contributed by atoms with Crippen LogP contribution in [0, 0.1) is 12.8 Å². The number of carboxylic acid groups (broad SMARTS) is 1. The molecule has 114 valence electrons. The third-order valence-corrected chi connectivity index (χ3v) is 3.52. The van der Waals surface area contributed by atoms with Gasteiger partial charge in [0.15, 0.2) is 0 Å². The predicted molar refractivity (Wildman–Crippen MR) is 77.1 cm³/mol. The lowest BCUT2D eigenvalue weighted by Gasteiger charge is -2.26. The Bertz CT molecular complexity index is 509. The van der Waals surface area contributed by atoms with Crippen molar-refractivity contribution in [2.45, 2.75) is 32.8 Å². The summed E-state index contributed by atoms with van der Waals surface area (Å²) in [6, 6.07) is 3.58. The number of anilines is 1. The Kier molecular flexibility index (Phi) is 4.90. The van der Waals surface area contributed by atoms with Crippen LogP contribution in [0.2, 0.25) is 0 Å². The van der Waals surface area contributed by atoms with Crippen LogP contribution in [0.4, 0.5) is 5.82 Å². The molecule has 1 fully saturated rings. The molecule has 21 heavy (non-hydrogen) atoms. The topological polar surface area (TPSA) is 79.7 Å². The lowest BCUT2D eigenvalue weighted by Crippen LogP contribution is -2.43. The SMILES string of the molecule is Cc1ccc(N(CC(C)C(=O)O)C(=O)C2CCCO2)nc1. The highest BCUT2D eigenvalue weighted by molar-refractivity contribution is 5.96. The second-order valence-electron chi connectivity index (χ2n) is 5.38. The first-order valence-corrected chi connectivity index (χ1v) is 7.07. The van der Waals surface area contributed by atoms with Gasteiger partial charge in [0.2, 0.25) is 0 Å². The maximum atomic E-state index is 12.6. The first-order chi connectivity index (χ1) is 9.99. The molecule has 1 aliphatic rings. The third-order valence-electron chi connectivity index (χ3n) is 3.52. The number of ether oxygens (including phenoxy) is 1. The molecule has 1 aliphatic heterocycles. The number of nitrogens with zero attached hydrogens (tertiary/aromatic N) is 2. The molecule has 2 unspecified atom stereocenters. The van der Waals surface area contributed by atoms with Crippen molar-refractivity contribution in [3.05, 3.63) is 23.9 Å². The van der Waals surface area contributed by atoms with Crippen molar-refractivity contribution in [1.29, 1.82) is 0 Å². The monoisotopic (exact) mass is 292 g/mol. The van der Waals surface area contributed by atoms with Gasteiger partial charge in [-0.2, -0.15) is 0 Å². The predicted octanol–water partition coefficient (Wildman–Crippen LogP) is 1.62. The zero-order chi connectivity index (χ0) is 15.4. The summed E-state index contributed by atoms with van der Waals surface area (Å²) in [5.74, 6) is -1.35. The summed E-state index contributed by atoms with van der Waals surface area (Å²) in [5.41, 5.74) is 0.981. The van der Waals surface area contributed by atoms with Crippen molar-refractivity contribution in [2.75, 3.05) is 18.1 Å². The molecular formula is C15H20N2O4. The number of carbonyl (C=O) groups excluding carboxylic acids is 1. The van der Waals surface area contributed by atoms with Gasteiger partial charge in [0, 0.05) is 19.3 Å². The third kappa shape index (κ3) is 3.78. The van der Waals surface area contributed by atoms with Crippen molar-refractivity contribution in [3.63, 3.8) is 0 Å². The van der Waals surface area contributed by atoms with Crippen LogP contribution in [0.15, 0.2) is 18.3 Å². The maximum absolute atomic E-state index is 12.6. The molecule has 1 amide bonds. The quantitative estimate of drug-likeness (QED) is 0.892. The van der Waals surface area contributed by atoms with Gasteiger partial charge in [0.05, 0.1) is 5.92 Å². The highest BCUT2D eigenvalue weighted by atomic mass is 16.5. The van der Waals surface area contributed by atoms with E-state index in [0.717, 1.165) is 12.0 Å². The van der Waals surface area contributed by atoms with Gasteiger partial charge in [-0.05, 0) is 31.4 Å². The summed E-state index contributed by atoms with van der Waals surface area (Å²) in [7, 11) is 0. The largest absolute Gasteiger partial charge is 0.481 e. The van der Waals surface area contributed by atoms with Gasteiger partial charge in [-0.25, -0.2) is 4.98 Å². The Hall–Kier alpha value is -1.95. The second-order valence-corrected chi connectivity index (χ2v) is 5.38. The van der Waals surface area contributed by atoms with Gasteiger partial charge in [0.25, 0.3) is 5.91 Å². The Labute approximate surface area is 123 Å². The van der Waals surface area contributed by atoms with Crippen LogP contribution >= 0.6 is 0 Å². The van der Waals surface area contributed by atoms with Gasteiger partial charge in [-0.3, -0.25) is 14.5 Å². The van der Waals surface area contributed by atoms with Crippen molar-refractivity contribution in [3.8, 4) is 0 Å². The highest BCUT2D eigenvalue weighted by Gasteiger charge is 2.31. The minimum Gasteiger partial charge on any atom is -0.481 e. The van der Waals surface area contributed by atoms with E-state index in [4.69, 9.17) is 9.84 Å². The number of aromatic nitrogens is 1. The number of hydrogen-bond acceptors (Lipinski definition) is 4. The van der Waals surface area contributed by atoms with Crippen LogP contribution in [0.1, 0.15) is 25.3 Å². The average molecular weight is 292 g/mol. The second kappa shape index (κ2) is 6.67. The molecule has 2 heterocycles. The zero-order valence-electron chi connectivity index (χ0n) is 12.3. The minimum atomic E-state index is -0.938. The number of aryl methyl sites for hydroxylation is 1. The Morgan fingerprint density at radius 1 is 1.52 bits per heavy atom. The van der Waals surface area contributed by atoms with Gasteiger partial charge in [0.1, 0.15) is 11.9 Å². The molecule has 0 saturated carbocycles. The number of hydrogen-bond donors (Lipinski definition) is 1. The Morgan fingerprint density at radius 2 is 2.29 bits per heavy atom. The average Bonchev–Trinajstić information content (AvgIpc) is 2.99. The molecule has 2 atom stereocenters. The molecule has 1 aromatic heterocycles. The van der Waals surface area contributed by atoms with E-state index >= 15 is 0 Å². The van der Waals surface area contributed by atoms with Crippen LogP contribution in [0.3, 0.4) is 0 Å². The van der Waals surface area contributed by atoms with Crippen LogP contribution < -0.4 is 4.90 Å². The summed E-state index contributed by atoms with van der Waals surface area (Å²) >= 11 is 0. The van der Waals surface area contributed by atoms with Crippen LogP contribution in [-0.2, 0) is 14.3 Å². The van der Waals surface area contributed by atoms with Crippen molar-refractivity contribution in [1.82, 2.24) is 4.98 Å². The van der Waals surface area contributed by atoms with E-state index in [1.54, 1.807) is 19.2 Å². The summed E-state index contributed by atoms with van der Waals surface area (Å²) < 4.78 is 5.42. The van der Waals surface area contributed by atoms with Crippen LogP contribution in [0.25, 0.3) is 0 Å². The van der Waals surface area contributed by atoms with Crippen LogP contribution in [-0.4, -0.2) is 41.2 Å². The van der Waals surface area contributed by atoms with E-state index in [0.29, 0.717) is 18.8 Å². The summed E-state index contributed by atoms with van der Waals surface area (Å²) in [6.07, 6.45) is 2.69. The van der Waals surface area contributed by atoms with Crippen molar-refractivity contribution in [2.24, 2.45) is 5.92 Å². The van der Waals surface area contributed by atoms with Gasteiger partial charge in [-0.15, -0.1) is 0 Å². The van der Waals surface area contributed by atoms with E-state index in [9.17, 15) is 9.59 Å². The molecule has 6 nitrogen and oxygen atoms in total. The van der Waals surface area contributed by atoms with E-state index in [2.05, 4.69) is 4.98 Å². The first-order valence-electron chi connectivity index (χ1n) is 7.07. The van der Waals surface area contributed by atoms with Gasteiger partial charge < -0.3 is 9.84 Å². The van der Waals surface area contributed by atoms with Gasteiger partial charge in [-0.1, -0.05) is 13.0 Å². The van der Waals surface area contributed by atoms with E-state index in [-0.39, 0.29) is 12.5 Å². The number of aliphatic carboxylic acids is 1.